The van der Waals surface area contributed by atoms with Gasteiger partial charge in [-0.15, -0.1) is 0 Å². The minimum Gasteiger partial charge on any atom is -0.207 e. The van der Waals surface area contributed by atoms with Gasteiger partial charge >= 0.3 is 0 Å². The molecule has 1 aromatic carbocycles. The number of hydrogen-bond acceptors (Lipinski definition) is 2. The highest BCUT2D eigenvalue weighted by atomic mass is 79.9. The van der Waals surface area contributed by atoms with Gasteiger partial charge in [0.2, 0.25) is 10.0 Å². The molecular weight excluding hydrogens is 302 g/mol. The molecule has 0 fully saturated rings. The van der Waals surface area contributed by atoms with Crippen molar-refractivity contribution in [3.8, 4) is 0 Å². The molecule has 0 heterocycles. The van der Waals surface area contributed by atoms with E-state index in [4.69, 9.17) is 11.6 Å². The summed E-state index contributed by atoms with van der Waals surface area (Å²) in [5.74, 6) is 0. The number of nitrogens with zero attached hydrogens (tertiary/aromatic N) is 1. The molecule has 0 bridgehead atoms. The van der Waals surface area contributed by atoms with Gasteiger partial charge in [-0.2, -0.15) is 0 Å². The molecule has 0 spiro atoms. The van der Waals surface area contributed by atoms with Crippen LogP contribution in [0.25, 0.3) is 0 Å². The number of rotatable bonds is 2. The highest BCUT2D eigenvalue weighted by molar-refractivity contribution is 9.10. The second-order valence-corrected chi connectivity index (χ2v) is 6.70. The normalized spacial score (nSPS) is 12.1. The fourth-order valence-corrected chi connectivity index (χ4v) is 2.94. The van der Waals surface area contributed by atoms with Gasteiger partial charge in [0, 0.05) is 18.6 Å². The maximum Gasteiger partial charge on any atom is 0.242 e. The van der Waals surface area contributed by atoms with Crippen molar-refractivity contribution >= 4 is 37.6 Å². The van der Waals surface area contributed by atoms with Crippen LogP contribution in [0.3, 0.4) is 0 Å². The number of hydrogen-bond donors (Lipinski definition) is 0. The Balaban J connectivity index is 3.46. The summed E-state index contributed by atoms with van der Waals surface area (Å²) in [6, 6.07) is 3.15. The summed E-state index contributed by atoms with van der Waals surface area (Å²) in [7, 11) is -0.408. The summed E-state index contributed by atoms with van der Waals surface area (Å²) in [5, 5.41) is 0.505. The third-order valence-corrected chi connectivity index (χ3v) is 5.13. The molecule has 0 amide bonds. The van der Waals surface area contributed by atoms with Gasteiger partial charge in [-0.3, -0.25) is 0 Å². The lowest BCUT2D eigenvalue weighted by Crippen LogP contribution is -2.23. The van der Waals surface area contributed by atoms with E-state index in [1.807, 2.05) is 0 Å². The van der Waals surface area contributed by atoms with Crippen LogP contribution < -0.4 is 0 Å². The molecule has 84 valence electrons. The summed E-state index contributed by atoms with van der Waals surface area (Å²) in [4.78, 5) is 0.267. The Hall–Kier alpha value is -0.100. The van der Waals surface area contributed by atoms with Crippen LogP contribution in [-0.4, -0.2) is 26.8 Å². The third kappa shape index (κ3) is 2.53. The molecular formula is C9H11BrClNO2S. The molecule has 0 aliphatic carbocycles. The van der Waals surface area contributed by atoms with Gasteiger partial charge in [-0.25, -0.2) is 12.7 Å². The van der Waals surface area contributed by atoms with Crippen molar-refractivity contribution in [2.75, 3.05) is 14.1 Å². The van der Waals surface area contributed by atoms with E-state index in [0.717, 1.165) is 0 Å². The monoisotopic (exact) mass is 311 g/mol. The Morgan fingerprint density at radius 1 is 1.33 bits per heavy atom. The number of benzene rings is 1. The molecule has 0 unspecified atom stereocenters. The van der Waals surface area contributed by atoms with Gasteiger partial charge in [0.15, 0.2) is 0 Å². The SMILES string of the molecule is Cc1cc(Cl)c(Br)cc1S(=O)(=O)N(C)C. The van der Waals surface area contributed by atoms with Crippen molar-refractivity contribution in [1.82, 2.24) is 4.31 Å². The molecule has 0 saturated carbocycles. The molecule has 0 saturated heterocycles. The van der Waals surface area contributed by atoms with Crippen molar-refractivity contribution in [3.05, 3.63) is 27.2 Å². The van der Waals surface area contributed by atoms with Crippen LogP contribution in [0.2, 0.25) is 5.02 Å². The van der Waals surface area contributed by atoms with E-state index in [1.54, 1.807) is 13.0 Å². The van der Waals surface area contributed by atoms with Crippen molar-refractivity contribution < 1.29 is 8.42 Å². The van der Waals surface area contributed by atoms with Gasteiger partial charge in [0.05, 0.1) is 9.92 Å². The van der Waals surface area contributed by atoms with E-state index in [2.05, 4.69) is 15.9 Å². The van der Waals surface area contributed by atoms with Crippen molar-refractivity contribution in [3.63, 3.8) is 0 Å². The minimum absolute atomic E-state index is 0.267. The Kier molecular flexibility index (Phi) is 3.81. The number of sulfonamides is 1. The van der Waals surface area contributed by atoms with Crippen molar-refractivity contribution in [2.45, 2.75) is 11.8 Å². The van der Waals surface area contributed by atoms with Gasteiger partial charge in [0.1, 0.15) is 0 Å². The first-order valence-electron chi connectivity index (χ1n) is 4.15. The second-order valence-electron chi connectivity index (χ2n) is 3.32. The zero-order chi connectivity index (χ0) is 11.8. The van der Waals surface area contributed by atoms with Gasteiger partial charge in [0.25, 0.3) is 0 Å². The average Bonchev–Trinajstić information content (AvgIpc) is 2.10. The maximum atomic E-state index is 11.9. The van der Waals surface area contributed by atoms with Crippen LogP contribution in [0.4, 0.5) is 0 Å². The van der Waals surface area contributed by atoms with Gasteiger partial charge in [-0.1, -0.05) is 11.6 Å². The van der Waals surface area contributed by atoms with E-state index in [9.17, 15) is 8.42 Å². The second kappa shape index (κ2) is 4.41. The van der Waals surface area contributed by atoms with E-state index >= 15 is 0 Å². The maximum absolute atomic E-state index is 11.9. The Bertz CT molecular complexity index is 485. The predicted octanol–water partition coefficient (Wildman–Crippen LogP) is 2.66. The summed E-state index contributed by atoms with van der Waals surface area (Å²) in [6.07, 6.45) is 0. The van der Waals surface area contributed by atoms with E-state index in [-0.39, 0.29) is 4.90 Å². The molecule has 0 radical (unpaired) electrons. The average molecular weight is 313 g/mol. The zero-order valence-electron chi connectivity index (χ0n) is 8.58. The van der Waals surface area contributed by atoms with Crippen molar-refractivity contribution in [2.24, 2.45) is 0 Å². The Labute approximate surface area is 103 Å². The van der Waals surface area contributed by atoms with Crippen LogP contribution in [0.5, 0.6) is 0 Å². The van der Waals surface area contributed by atoms with Crippen molar-refractivity contribution in [1.29, 1.82) is 0 Å². The predicted molar refractivity (Wildman–Crippen MR) is 64.8 cm³/mol. The van der Waals surface area contributed by atoms with E-state index in [1.165, 1.54) is 24.5 Å². The quantitative estimate of drug-likeness (QED) is 0.842. The molecule has 0 aliphatic rings. The van der Waals surface area contributed by atoms with Gasteiger partial charge in [-0.05, 0) is 40.5 Å². The van der Waals surface area contributed by atoms with Crippen LogP contribution >= 0.6 is 27.5 Å². The smallest absolute Gasteiger partial charge is 0.207 e. The number of aryl methyl sites for hydroxylation is 1. The summed E-state index contributed by atoms with van der Waals surface area (Å²) < 4.78 is 25.5. The lowest BCUT2D eigenvalue weighted by atomic mass is 10.2. The standard InChI is InChI=1S/C9H11BrClNO2S/c1-6-4-8(11)7(10)5-9(6)15(13,14)12(2)3/h4-5H,1-3H3. The Morgan fingerprint density at radius 2 is 1.87 bits per heavy atom. The summed E-state index contributed by atoms with van der Waals surface area (Å²) >= 11 is 9.07. The third-order valence-electron chi connectivity index (χ3n) is 1.98. The lowest BCUT2D eigenvalue weighted by molar-refractivity contribution is 0.520. The highest BCUT2D eigenvalue weighted by Gasteiger charge is 2.20. The van der Waals surface area contributed by atoms with E-state index < -0.39 is 10.0 Å². The molecule has 0 aliphatic heterocycles. The summed E-state index contributed by atoms with van der Waals surface area (Å²) in [5.41, 5.74) is 0.636. The van der Waals surface area contributed by atoms with Crippen LogP contribution in [0.1, 0.15) is 5.56 Å². The van der Waals surface area contributed by atoms with Crippen LogP contribution in [0, 0.1) is 6.92 Å². The first-order chi connectivity index (χ1) is 6.76. The van der Waals surface area contributed by atoms with Gasteiger partial charge < -0.3 is 0 Å². The van der Waals surface area contributed by atoms with Crippen LogP contribution in [-0.2, 0) is 10.0 Å². The zero-order valence-corrected chi connectivity index (χ0v) is 11.7. The number of halogens is 2. The lowest BCUT2D eigenvalue weighted by Gasteiger charge is -2.14. The van der Waals surface area contributed by atoms with E-state index in [0.29, 0.717) is 15.1 Å². The highest BCUT2D eigenvalue weighted by Crippen LogP contribution is 2.29. The molecule has 15 heavy (non-hydrogen) atoms. The molecule has 0 aromatic heterocycles. The first-order valence-corrected chi connectivity index (χ1v) is 6.76. The fraction of sp³-hybridized carbons (Fsp3) is 0.333. The minimum atomic E-state index is -3.40. The molecule has 1 rings (SSSR count). The first kappa shape index (κ1) is 13.0. The fourth-order valence-electron chi connectivity index (χ4n) is 1.10. The topological polar surface area (TPSA) is 37.4 Å². The molecule has 0 atom stereocenters. The molecule has 6 heteroatoms. The Morgan fingerprint density at radius 3 is 2.33 bits per heavy atom. The molecule has 0 N–H and O–H groups in total. The van der Waals surface area contributed by atoms with Crippen LogP contribution in [0.15, 0.2) is 21.5 Å². The summed E-state index contributed by atoms with van der Waals surface area (Å²) in [6.45, 7) is 1.72. The largest absolute Gasteiger partial charge is 0.242 e. The molecule has 1 aromatic rings. The molecule has 3 nitrogen and oxygen atoms in total.